The van der Waals surface area contributed by atoms with Gasteiger partial charge in [-0.15, -0.1) is 0 Å². The smallest absolute Gasteiger partial charge is 0.359 e. The minimum absolute atomic E-state index is 0.00381. The Morgan fingerprint density at radius 1 is 1.30 bits per heavy atom. The highest BCUT2D eigenvalue weighted by molar-refractivity contribution is 5.93. The Balaban J connectivity index is 2.25. The number of methoxy groups -OCH3 is 1. The summed E-state index contributed by atoms with van der Waals surface area (Å²) < 4.78 is 23.9. The fourth-order valence-electron chi connectivity index (χ4n) is 2.37. The summed E-state index contributed by atoms with van der Waals surface area (Å²) in [5, 5.41) is 13.5. The Bertz CT molecular complexity index is 1110. The van der Waals surface area contributed by atoms with E-state index in [-0.39, 0.29) is 22.5 Å². The van der Waals surface area contributed by atoms with Crippen molar-refractivity contribution in [1.82, 2.24) is 9.78 Å². The molecule has 7 nitrogen and oxygen atoms in total. The van der Waals surface area contributed by atoms with E-state index in [1.54, 1.807) is 18.2 Å². The SMILES string of the molecule is COC(=O)c1nn(-c2ccc(F)cc2)c(=O)c(C#N)c1/C=C/c1ccco1. The largest absolute Gasteiger partial charge is 0.465 e. The number of rotatable bonds is 4. The lowest BCUT2D eigenvalue weighted by molar-refractivity contribution is 0.0591. The van der Waals surface area contributed by atoms with Gasteiger partial charge in [0.2, 0.25) is 0 Å². The van der Waals surface area contributed by atoms with Crippen molar-refractivity contribution in [3.8, 4) is 11.8 Å². The maximum atomic E-state index is 13.2. The number of esters is 1. The van der Waals surface area contributed by atoms with Crippen molar-refractivity contribution < 1.29 is 18.3 Å². The molecule has 0 atom stereocenters. The normalized spacial score (nSPS) is 10.7. The van der Waals surface area contributed by atoms with Crippen LogP contribution in [0.1, 0.15) is 27.4 Å². The van der Waals surface area contributed by atoms with Crippen LogP contribution in [-0.4, -0.2) is 22.9 Å². The molecular formula is C19H12FN3O4. The van der Waals surface area contributed by atoms with Crippen LogP contribution in [0.3, 0.4) is 0 Å². The molecule has 8 heteroatoms. The zero-order valence-electron chi connectivity index (χ0n) is 14.0. The lowest BCUT2D eigenvalue weighted by Crippen LogP contribution is -2.28. The first kappa shape index (κ1) is 17.8. The predicted molar refractivity (Wildman–Crippen MR) is 93.5 cm³/mol. The van der Waals surface area contributed by atoms with Crippen molar-refractivity contribution in [2.45, 2.75) is 0 Å². The van der Waals surface area contributed by atoms with Gasteiger partial charge < -0.3 is 9.15 Å². The molecule has 1 aromatic carbocycles. The van der Waals surface area contributed by atoms with Crippen LogP contribution in [0, 0.1) is 17.1 Å². The van der Waals surface area contributed by atoms with Gasteiger partial charge in [-0.1, -0.05) is 0 Å². The van der Waals surface area contributed by atoms with E-state index in [1.807, 2.05) is 0 Å². The van der Waals surface area contributed by atoms with Gasteiger partial charge in [-0.05, 0) is 48.6 Å². The number of halogens is 1. The van der Waals surface area contributed by atoms with E-state index in [0.29, 0.717) is 5.76 Å². The second-order valence-corrected chi connectivity index (χ2v) is 5.28. The fourth-order valence-corrected chi connectivity index (χ4v) is 2.37. The van der Waals surface area contributed by atoms with Gasteiger partial charge >= 0.3 is 5.97 Å². The first-order valence-electron chi connectivity index (χ1n) is 7.68. The van der Waals surface area contributed by atoms with Crippen LogP contribution >= 0.6 is 0 Å². The second-order valence-electron chi connectivity index (χ2n) is 5.28. The molecule has 27 heavy (non-hydrogen) atoms. The molecule has 134 valence electrons. The number of carbonyl (C=O) groups excluding carboxylic acids is 1. The average molecular weight is 365 g/mol. The Morgan fingerprint density at radius 3 is 2.63 bits per heavy atom. The van der Waals surface area contributed by atoms with Crippen LogP contribution in [-0.2, 0) is 4.74 Å². The number of ether oxygens (including phenoxy) is 1. The lowest BCUT2D eigenvalue weighted by Gasteiger charge is -2.10. The number of carbonyl (C=O) groups is 1. The number of hydrogen-bond donors (Lipinski definition) is 0. The molecule has 0 aliphatic rings. The van der Waals surface area contributed by atoms with Gasteiger partial charge in [0.1, 0.15) is 23.2 Å². The second kappa shape index (κ2) is 7.49. The van der Waals surface area contributed by atoms with E-state index in [0.717, 1.165) is 23.9 Å². The first-order chi connectivity index (χ1) is 13.0. The number of aromatic nitrogens is 2. The number of nitriles is 1. The van der Waals surface area contributed by atoms with E-state index in [9.17, 15) is 19.2 Å². The monoisotopic (exact) mass is 365 g/mol. The molecule has 0 saturated heterocycles. The van der Waals surface area contributed by atoms with E-state index < -0.39 is 17.3 Å². The third-order valence-electron chi connectivity index (χ3n) is 3.65. The zero-order valence-corrected chi connectivity index (χ0v) is 14.0. The average Bonchev–Trinajstić information content (AvgIpc) is 3.20. The van der Waals surface area contributed by atoms with Crippen LogP contribution in [0.2, 0.25) is 0 Å². The first-order valence-corrected chi connectivity index (χ1v) is 7.68. The summed E-state index contributed by atoms with van der Waals surface area (Å²) in [6.45, 7) is 0. The molecule has 0 N–H and O–H groups in total. The van der Waals surface area contributed by atoms with Crippen molar-refractivity contribution >= 4 is 18.1 Å². The molecule has 0 fully saturated rings. The molecule has 0 amide bonds. The molecule has 0 aliphatic carbocycles. The summed E-state index contributed by atoms with van der Waals surface area (Å²) in [5.41, 5.74) is -1.09. The van der Waals surface area contributed by atoms with Crippen LogP contribution in [0.25, 0.3) is 17.8 Å². The molecule has 0 unspecified atom stereocenters. The molecule has 0 bridgehead atoms. The molecule has 3 aromatic rings. The highest BCUT2D eigenvalue weighted by atomic mass is 19.1. The van der Waals surface area contributed by atoms with Crippen LogP contribution in [0.5, 0.6) is 0 Å². The van der Waals surface area contributed by atoms with Gasteiger partial charge in [-0.2, -0.15) is 15.0 Å². The number of benzene rings is 1. The molecule has 2 heterocycles. The molecule has 2 aromatic heterocycles. The number of hydrogen-bond acceptors (Lipinski definition) is 6. The van der Waals surface area contributed by atoms with Gasteiger partial charge in [0, 0.05) is 5.56 Å². The Kier molecular flexibility index (Phi) is 4.95. The molecule has 0 radical (unpaired) electrons. The summed E-state index contributed by atoms with van der Waals surface area (Å²) in [6, 6.07) is 10.0. The molecule has 3 rings (SSSR count). The summed E-state index contributed by atoms with van der Waals surface area (Å²) in [5.74, 6) is -0.877. The molecule has 0 spiro atoms. The van der Waals surface area contributed by atoms with Gasteiger partial charge in [0.05, 0.1) is 19.1 Å². The van der Waals surface area contributed by atoms with E-state index in [4.69, 9.17) is 9.15 Å². The lowest BCUT2D eigenvalue weighted by atomic mass is 10.1. The van der Waals surface area contributed by atoms with Crippen molar-refractivity contribution in [2.24, 2.45) is 0 Å². The van der Waals surface area contributed by atoms with Crippen LogP contribution in [0.4, 0.5) is 4.39 Å². The zero-order chi connectivity index (χ0) is 19.4. The van der Waals surface area contributed by atoms with E-state index >= 15 is 0 Å². The third-order valence-corrected chi connectivity index (χ3v) is 3.65. The van der Waals surface area contributed by atoms with Gasteiger partial charge in [0.25, 0.3) is 5.56 Å². The summed E-state index contributed by atoms with van der Waals surface area (Å²) >= 11 is 0. The van der Waals surface area contributed by atoms with Gasteiger partial charge in [-0.3, -0.25) is 4.79 Å². The minimum atomic E-state index is -0.832. The van der Waals surface area contributed by atoms with Crippen LogP contribution in [0.15, 0.2) is 51.9 Å². The third kappa shape index (κ3) is 3.52. The fraction of sp³-hybridized carbons (Fsp3) is 0.0526. The van der Waals surface area contributed by atoms with E-state index in [2.05, 4.69) is 5.10 Å². The molecule has 0 saturated carbocycles. The van der Waals surface area contributed by atoms with Gasteiger partial charge in [0.15, 0.2) is 5.69 Å². The maximum absolute atomic E-state index is 13.2. The van der Waals surface area contributed by atoms with Crippen molar-refractivity contribution in [1.29, 1.82) is 5.26 Å². The quantitative estimate of drug-likeness (QED) is 0.660. The summed E-state index contributed by atoms with van der Waals surface area (Å²) in [4.78, 5) is 24.9. The Labute approximate surface area is 152 Å². The van der Waals surface area contributed by atoms with Crippen LogP contribution < -0.4 is 5.56 Å². The van der Waals surface area contributed by atoms with Gasteiger partial charge in [-0.25, -0.2) is 9.18 Å². The Morgan fingerprint density at radius 2 is 2.04 bits per heavy atom. The summed E-state index contributed by atoms with van der Waals surface area (Å²) in [6.07, 6.45) is 4.33. The Hall–Kier alpha value is -3.99. The van der Waals surface area contributed by atoms with Crippen molar-refractivity contribution in [3.05, 3.63) is 81.4 Å². The molecular weight excluding hydrogens is 353 g/mol. The highest BCUT2D eigenvalue weighted by Gasteiger charge is 2.22. The topological polar surface area (TPSA) is 98.1 Å². The maximum Gasteiger partial charge on any atom is 0.359 e. The molecule has 0 aliphatic heterocycles. The predicted octanol–water partition coefficient (Wildman–Crippen LogP) is 2.79. The number of nitrogens with zero attached hydrogens (tertiary/aromatic N) is 3. The standard InChI is InChI=1S/C19H12FN3O4/c1-26-19(25)17-15(9-8-14-3-2-10-27-14)16(11-21)18(24)23(22-17)13-6-4-12(20)5-7-13/h2-10H,1H3/b9-8+. The van der Waals surface area contributed by atoms with Crippen molar-refractivity contribution in [2.75, 3.05) is 7.11 Å². The highest BCUT2D eigenvalue weighted by Crippen LogP contribution is 2.17. The summed E-state index contributed by atoms with van der Waals surface area (Å²) in [7, 11) is 1.16. The van der Waals surface area contributed by atoms with Crippen molar-refractivity contribution in [3.63, 3.8) is 0 Å². The minimum Gasteiger partial charge on any atom is -0.465 e. The number of furan rings is 1. The van der Waals surface area contributed by atoms with E-state index in [1.165, 1.54) is 30.5 Å².